The van der Waals surface area contributed by atoms with Crippen LogP contribution in [-0.4, -0.2) is 31.9 Å². The lowest BCUT2D eigenvalue weighted by molar-refractivity contribution is -0.135. The van der Waals surface area contributed by atoms with E-state index < -0.39 is 22.5 Å². The van der Waals surface area contributed by atoms with Crippen LogP contribution in [0, 0.1) is 0 Å². The molecular formula is C18H20N2O5S. The van der Waals surface area contributed by atoms with Gasteiger partial charge in [-0.3, -0.25) is 13.9 Å². The Morgan fingerprint density at radius 3 is 2.23 bits per heavy atom. The second-order valence-electron chi connectivity index (χ2n) is 5.59. The van der Waals surface area contributed by atoms with E-state index in [2.05, 4.69) is 5.32 Å². The first-order chi connectivity index (χ1) is 12.3. The molecule has 0 atom stereocenters. The van der Waals surface area contributed by atoms with E-state index in [9.17, 15) is 23.1 Å². The van der Waals surface area contributed by atoms with Crippen molar-refractivity contribution in [2.24, 2.45) is 0 Å². The number of para-hydroxylation sites is 1. The second kappa shape index (κ2) is 8.01. The number of carbonyl (C=O) groups excluding carboxylic acids is 1. The summed E-state index contributed by atoms with van der Waals surface area (Å²) in [5, 5.41) is 11.8. The summed E-state index contributed by atoms with van der Waals surface area (Å²) in [5.41, 5.74) is 1.52. The SMILES string of the molecule is CCc1ccccc1N(CC(=O)O)S(=O)(=O)c1ccc(NC(C)=O)cc1. The maximum atomic E-state index is 13.0. The van der Waals surface area contributed by atoms with Crippen LogP contribution in [0.1, 0.15) is 19.4 Å². The Morgan fingerprint density at radius 2 is 1.69 bits per heavy atom. The first-order valence-electron chi connectivity index (χ1n) is 7.95. The maximum Gasteiger partial charge on any atom is 0.324 e. The van der Waals surface area contributed by atoms with Gasteiger partial charge in [0.15, 0.2) is 0 Å². The fraction of sp³-hybridized carbons (Fsp3) is 0.222. The fourth-order valence-corrected chi connectivity index (χ4v) is 3.97. The normalized spacial score (nSPS) is 11.0. The predicted molar refractivity (Wildman–Crippen MR) is 98.7 cm³/mol. The molecule has 8 heteroatoms. The van der Waals surface area contributed by atoms with E-state index in [1.807, 2.05) is 6.92 Å². The van der Waals surface area contributed by atoms with E-state index in [0.717, 1.165) is 9.87 Å². The summed E-state index contributed by atoms with van der Waals surface area (Å²) in [6.07, 6.45) is 0.559. The van der Waals surface area contributed by atoms with Gasteiger partial charge >= 0.3 is 5.97 Å². The lowest BCUT2D eigenvalue weighted by atomic mass is 10.1. The Bertz CT molecular complexity index is 907. The van der Waals surface area contributed by atoms with Gasteiger partial charge < -0.3 is 10.4 Å². The molecule has 0 heterocycles. The van der Waals surface area contributed by atoms with Gasteiger partial charge in [-0.25, -0.2) is 8.42 Å². The van der Waals surface area contributed by atoms with E-state index >= 15 is 0 Å². The Kier molecular flexibility index (Phi) is 5.99. The summed E-state index contributed by atoms with van der Waals surface area (Å²) in [7, 11) is -4.09. The zero-order valence-electron chi connectivity index (χ0n) is 14.5. The van der Waals surface area contributed by atoms with Gasteiger partial charge in [0.05, 0.1) is 10.6 Å². The summed E-state index contributed by atoms with van der Waals surface area (Å²) in [4.78, 5) is 22.3. The summed E-state index contributed by atoms with van der Waals surface area (Å²) in [6.45, 7) is 2.53. The van der Waals surface area contributed by atoms with Crippen molar-refractivity contribution in [3.63, 3.8) is 0 Å². The van der Waals surface area contributed by atoms with Gasteiger partial charge in [-0.2, -0.15) is 0 Å². The summed E-state index contributed by atoms with van der Waals surface area (Å²) < 4.78 is 27.0. The maximum absolute atomic E-state index is 13.0. The van der Waals surface area contributed by atoms with Gasteiger partial charge in [0.25, 0.3) is 10.0 Å². The van der Waals surface area contributed by atoms with Gasteiger partial charge in [0.1, 0.15) is 6.54 Å². The number of carboxylic acid groups (broad SMARTS) is 1. The molecular weight excluding hydrogens is 356 g/mol. The average Bonchev–Trinajstić information content (AvgIpc) is 2.59. The molecule has 0 bridgehead atoms. The zero-order chi connectivity index (χ0) is 19.3. The molecule has 2 rings (SSSR count). The molecule has 0 fully saturated rings. The molecule has 0 unspecified atom stereocenters. The number of carbonyl (C=O) groups is 2. The highest BCUT2D eigenvalue weighted by atomic mass is 32.2. The van der Waals surface area contributed by atoms with Crippen LogP contribution in [0.25, 0.3) is 0 Å². The number of hydrogen-bond acceptors (Lipinski definition) is 4. The predicted octanol–water partition coefficient (Wildman–Crippen LogP) is 2.49. The number of carboxylic acids is 1. The van der Waals surface area contributed by atoms with E-state index in [0.29, 0.717) is 17.8 Å². The molecule has 2 aromatic rings. The molecule has 0 aliphatic heterocycles. The number of rotatable bonds is 7. The van der Waals surface area contributed by atoms with E-state index in [1.54, 1.807) is 24.3 Å². The number of aryl methyl sites for hydroxylation is 1. The first kappa shape index (κ1) is 19.5. The van der Waals surface area contributed by atoms with E-state index in [-0.39, 0.29) is 10.8 Å². The van der Waals surface area contributed by atoms with Crippen LogP contribution in [0.3, 0.4) is 0 Å². The van der Waals surface area contributed by atoms with Crippen molar-refractivity contribution in [2.75, 3.05) is 16.2 Å². The number of anilines is 2. The van der Waals surface area contributed by atoms with Gasteiger partial charge in [-0.1, -0.05) is 25.1 Å². The Hall–Kier alpha value is -2.87. The van der Waals surface area contributed by atoms with Crippen molar-refractivity contribution in [2.45, 2.75) is 25.2 Å². The number of nitrogens with zero attached hydrogens (tertiary/aromatic N) is 1. The van der Waals surface area contributed by atoms with Crippen LogP contribution in [0.4, 0.5) is 11.4 Å². The highest BCUT2D eigenvalue weighted by Gasteiger charge is 2.28. The van der Waals surface area contributed by atoms with Crippen LogP contribution in [0.2, 0.25) is 0 Å². The largest absolute Gasteiger partial charge is 0.480 e. The third-order valence-corrected chi connectivity index (χ3v) is 5.46. The van der Waals surface area contributed by atoms with E-state index in [1.165, 1.54) is 31.2 Å². The fourth-order valence-electron chi connectivity index (χ4n) is 2.52. The summed E-state index contributed by atoms with van der Waals surface area (Å²) >= 11 is 0. The molecule has 0 saturated heterocycles. The molecule has 0 aromatic heterocycles. The van der Waals surface area contributed by atoms with Crippen molar-refractivity contribution < 1.29 is 23.1 Å². The molecule has 0 radical (unpaired) electrons. The van der Waals surface area contributed by atoms with Crippen LogP contribution < -0.4 is 9.62 Å². The van der Waals surface area contributed by atoms with Crippen LogP contribution in [0.5, 0.6) is 0 Å². The minimum atomic E-state index is -4.09. The quantitative estimate of drug-likeness (QED) is 0.773. The molecule has 1 amide bonds. The van der Waals surface area contributed by atoms with Gasteiger partial charge in [-0.15, -0.1) is 0 Å². The lowest BCUT2D eigenvalue weighted by Gasteiger charge is -2.25. The molecule has 2 aromatic carbocycles. The third kappa shape index (κ3) is 4.40. The van der Waals surface area contributed by atoms with E-state index in [4.69, 9.17) is 0 Å². The number of nitrogens with one attached hydrogen (secondary N) is 1. The number of benzene rings is 2. The highest BCUT2D eigenvalue weighted by molar-refractivity contribution is 7.92. The number of aliphatic carboxylic acids is 1. The van der Waals surface area contributed by atoms with Crippen molar-refractivity contribution in [1.29, 1.82) is 0 Å². The molecule has 0 aliphatic rings. The molecule has 7 nitrogen and oxygen atoms in total. The van der Waals surface area contributed by atoms with Crippen molar-refractivity contribution in [1.82, 2.24) is 0 Å². The Labute approximate surface area is 152 Å². The molecule has 2 N–H and O–H groups in total. The van der Waals surface area contributed by atoms with Crippen LogP contribution >= 0.6 is 0 Å². The topological polar surface area (TPSA) is 104 Å². The Balaban J connectivity index is 2.49. The van der Waals surface area contributed by atoms with Gasteiger partial charge in [0.2, 0.25) is 5.91 Å². The minimum Gasteiger partial charge on any atom is -0.480 e. The van der Waals surface area contributed by atoms with Gasteiger partial charge in [-0.05, 0) is 42.3 Å². The van der Waals surface area contributed by atoms with Crippen molar-refractivity contribution >= 4 is 33.3 Å². The molecule has 0 saturated carbocycles. The number of hydrogen-bond donors (Lipinski definition) is 2. The summed E-state index contributed by atoms with van der Waals surface area (Å²) in [6, 6.07) is 12.4. The smallest absolute Gasteiger partial charge is 0.324 e. The monoisotopic (exact) mass is 376 g/mol. The molecule has 26 heavy (non-hydrogen) atoms. The lowest BCUT2D eigenvalue weighted by Crippen LogP contribution is -2.36. The summed E-state index contributed by atoms with van der Waals surface area (Å²) in [5.74, 6) is -1.53. The molecule has 0 spiro atoms. The highest BCUT2D eigenvalue weighted by Crippen LogP contribution is 2.28. The minimum absolute atomic E-state index is 0.0567. The number of amides is 1. The van der Waals surface area contributed by atoms with Crippen molar-refractivity contribution in [3.8, 4) is 0 Å². The van der Waals surface area contributed by atoms with Crippen LogP contribution in [0.15, 0.2) is 53.4 Å². The standard InChI is InChI=1S/C18H20N2O5S/c1-3-14-6-4-5-7-17(14)20(12-18(22)23)26(24,25)16-10-8-15(9-11-16)19-13(2)21/h4-11H,3,12H2,1-2H3,(H,19,21)(H,22,23). The van der Waals surface area contributed by atoms with Crippen molar-refractivity contribution in [3.05, 3.63) is 54.1 Å². The average molecular weight is 376 g/mol. The molecule has 0 aliphatic carbocycles. The molecule has 138 valence electrons. The Morgan fingerprint density at radius 1 is 1.08 bits per heavy atom. The second-order valence-corrected chi connectivity index (χ2v) is 7.46. The first-order valence-corrected chi connectivity index (χ1v) is 9.39. The van der Waals surface area contributed by atoms with Crippen LogP contribution in [-0.2, 0) is 26.0 Å². The zero-order valence-corrected chi connectivity index (χ0v) is 15.3. The number of sulfonamides is 1. The van der Waals surface area contributed by atoms with Gasteiger partial charge in [0, 0.05) is 12.6 Å². The third-order valence-electron chi connectivity index (χ3n) is 3.68.